The molecule has 0 radical (unpaired) electrons. The number of amides is 1. The van der Waals surface area contributed by atoms with Crippen molar-refractivity contribution in [3.8, 4) is 0 Å². The number of carbonyl (C=O) groups is 1. The molecule has 3 N–H and O–H groups in total. The smallest absolute Gasteiger partial charge is 0.220 e. The van der Waals surface area contributed by atoms with Crippen molar-refractivity contribution in [1.82, 2.24) is 5.32 Å². The molecular weight excluding hydrogens is 292 g/mol. The average Bonchev–Trinajstić information content (AvgIpc) is 2.82. The van der Waals surface area contributed by atoms with Gasteiger partial charge in [0.15, 0.2) is 0 Å². The second-order valence-electron chi connectivity index (χ2n) is 5.21. The maximum absolute atomic E-state index is 11.8. The van der Waals surface area contributed by atoms with Gasteiger partial charge in [-0.25, -0.2) is 0 Å². The van der Waals surface area contributed by atoms with Gasteiger partial charge in [0.1, 0.15) is 0 Å². The van der Waals surface area contributed by atoms with Crippen LogP contribution in [0, 0.1) is 5.92 Å². The highest BCUT2D eigenvalue weighted by Gasteiger charge is 2.25. The number of halogens is 1. The summed E-state index contributed by atoms with van der Waals surface area (Å²) in [6.07, 6.45) is 3.89. The minimum absolute atomic E-state index is 0.129. The lowest BCUT2D eigenvalue weighted by Crippen LogP contribution is -2.32. The van der Waals surface area contributed by atoms with Crippen LogP contribution in [0.1, 0.15) is 25.7 Å². The lowest BCUT2D eigenvalue weighted by molar-refractivity contribution is -0.121. The molecule has 2 rings (SSSR count). The molecule has 20 heavy (non-hydrogen) atoms. The fourth-order valence-electron chi connectivity index (χ4n) is 2.52. The second kappa shape index (κ2) is 7.91. The van der Waals surface area contributed by atoms with E-state index in [0.29, 0.717) is 18.9 Å². The van der Waals surface area contributed by atoms with E-state index < -0.39 is 0 Å². The second-order valence-corrected chi connectivity index (χ2v) is 6.82. The van der Waals surface area contributed by atoms with Crippen LogP contribution in [0.4, 0.5) is 0 Å². The summed E-state index contributed by atoms with van der Waals surface area (Å²) >= 11 is 7.55. The Morgan fingerprint density at radius 1 is 1.35 bits per heavy atom. The van der Waals surface area contributed by atoms with Crippen LogP contribution in [0.3, 0.4) is 0 Å². The number of carbonyl (C=O) groups excluding carboxylic acids is 1. The van der Waals surface area contributed by atoms with Crippen LogP contribution in [0.15, 0.2) is 29.2 Å². The molecule has 2 atom stereocenters. The molecule has 3 nitrogen and oxygen atoms in total. The molecule has 1 amide bonds. The molecule has 1 aromatic rings. The molecule has 0 saturated heterocycles. The van der Waals surface area contributed by atoms with Crippen molar-refractivity contribution in [2.75, 3.05) is 12.3 Å². The van der Waals surface area contributed by atoms with Gasteiger partial charge >= 0.3 is 0 Å². The van der Waals surface area contributed by atoms with E-state index in [2.05, 4.69) is 5.32 Å². The van der Waals surface area contributed by atoms with Gasteiger partial charge in [-0.15, -0.1) is 11.8 Å². The number of thioether (sulfide) groups is 1. The monoisotopic (exact) mass is 312 g/mol. The van der Waals surface area contributed by atoms with E-state index >= 15 is 0 Å². The molecule has 0 spiro atoms. The van der Waals surface area contributed by atoms with Crippen molar-refractivity contribution in [3.05, 3.63) is 29.3 Å². The minimum Gasteiger partial charge on any atom is -0.355 e. The molecule has 1 aromatic carbocycles. The molecule has 1 fully saturated rings. The largest absolute Gasteiger partial charge is 0.355 e. The third-order valence-electron chi connectivity index (χ3n) is 3.67. The zero-order chi connectivity index (χ0) is 14.4. The average molecular weight is 313 g/mol. The number of hydrogen-bond acceptors (Lipinski definition) is 3. The molecule has 1 saturated carbocycles. The molecule has 0 aliphatic heterocycles. The highest BCUT2D eigenvalue weighted by atomic mass is 35.5. The molecule has 1 aliphatic carbocycles. The van der Waals surface area contributed by atoms with E-state index in [1.54, 1.807) is 11.8 Å². The van der Waals surface area contributed by atoms with Crippen LogP contribution in [-0.2, 0) is 4.79 Å². The van der Waals surface area contributed by atoms with Gasteiger partial charge in [0.05, 0.1) is 0 Å². The highest BCUT2D eigenvalue weighted by Crippen LogP contribution is 2.26. The maximum Gasteiger partial charge on any atom is 0.220 e. The Labute approximate surface area is 129 Å². The summed E-state index contributed by atoms with van der Waals surface area (Å²) in [5.74, 6) is 1.37. The molecular formula is C15H21ClN2OS. The Hall–Kier alpha value is -0.710. The zero-order valence-corrected chi connectivity index (χ0v) is 13.1. The predicted octanol–water partition coefficient (Wildman–Crippen LogP) is 3.07. The Balaban J connectivity index is 1.60. The van der Waals surface area contributed by atoms with E-state index in [9.17, 15) is 4.79 Å². The molecule has 0 aromatic heterocycles. The van der Waals surface area contributed by atoms with Crippen LogP contribution in [0.5, 0.6) is 0 Å². The van der Waals surface area contributed by atoms with E-state index in [4.69, 9.17) is 17.3 Å². The first-order valence-electron chi connectivity index (χ1n) is 7.06. The van der Waals surface area contributed by atoms with E-state index in [1.165, 1.54) is 4.90 Å². The van der Waals surface area contributed by atoms with Crippen molar-refractivity contribution in [2.45, 2.75) is 36.6 Å². The predicted molar refractivity (Wildman–Crippen MR) is 85.1 cm³/mol. The van der Waals surface area contributed by atoms with Crippen LogP contribution < -0.4 is 11.1 Å². The highest BCUT2D eigenvalue weighted by molar-refractivity contribution is 7.99. The Bertz CT molecular complexity index is 438. The summed E-state index contributed by atoms with van der Waals surface area (Å²) < 4.78 is 0. The molecule has 0 heterocycles. The summed E-state index contributed by atoms with van der Waals surface area (Å²) in [5.41, 5.74) is 5.98. The van der Waals surface area contributed by atoms with Gasteiger partial charge in [0, 0.05) is 34.7 Å². The SMILES string of the molecule is N[C@@H]1CCC[C@H]1CC(=O)NCCSc1ccc(Cl)cc1. The van der Waals surface area contributed by atoms with Crippen LogP contribution in [0.25, 0.3) is 0 Å². The number of nitrogens with one attached hydrogen (secondary N) is 1. The zero-order valence-electron chi connectivity index (χ0n) is 11.5. The number of hydrogen-bond donors (Lipinski definition) is 2. The number of nitrogens with two attached hydrogens (primary N) is 1. The topological polar surface area (TPSA) is 55.1 Å². The van der Waals surface area contributed by atoms with Crippen molar-refractivity contribution < 1.29 is 4.79 Å². The van der Waals surface area contributed by atoms with Crippen LogP contribution in [-0.4, -0.2) is 24.2 Å². The fraction of sp³-hybridized carbons (Fsp3) is 0.533. The van der Waals surface area contributed by atoms with Crippen LogP contribution >= 0.6 is 23.4 Å². The summed E-state index contributed by atoms with van der Waals surface area (Å²) in [5, 5.41) is 3.72. The van der Waals surface area contributed by atoms with Crippen molar-refractivity contribution in [2.24, 2.45) is 11.7 Å². The maximum atomic E-state index is 11.8. The molecule has 1 aliphatic rings. The standard InChI is InChI=1S/C15H21ClN2OS/c16-12-4-6-13(7-5-12)20-9-8-18-15(19)10-11-2-1-3-14(11)17/h4-7,11,14H,1-3,8-10,17H2,(H,18,19)/t11-,14+/m0/s1. The van der Waals surface area contributed by atoms with Gasteiger partial charge in [-0.1, -0.05) is 18.0 Å². The summed E-state index contributed by atoms with van der Waals surface area (Å²) in [6, 6.07) is 7.95. The van der Waals surface area contributed by atoms with E-state index in [-0.39, 0.29) is 11.9 Å². The fourth-order valence-corrected chi connectivity index (χ4v) is 3.41. The van der Waals surface area contributed by atoms with E-state index in [0.717, 1.165) is 30.0 Å². The van der Waals surface area contributed by atoms with Gasteiger partial charge in [0.2, 0.25) is 5.91 Å². The summed E-state index contributed by atoms with van der Waals surface area (Å²) in [7, 11) is 0. The quantitative estimate of drug-likeness (QED) is 0.627. The van der Waals surface area contributed by atoms with Crippen molar-refractivity contribution in [1.29, 1.82) is 0 Å². The molecule has 0 bridgehead atoms. The van der Waals surface area contributed by atoms with Crippen molar-refractivity contribution in [3.63, 3.8) is 0 Å². The normalized spacial score (nSPS) is 21.9. The third-order valence-corrected chi connectivity index (χ3v) is 4.94. The summed E-state index contributed by atoms with van der Waals surface area (Å²) in [6.45, 7) is 0.689. The Kier molecular flexibility index (Phi) is 6.20. The van der Waals surface area contributed by atoms with E-state index in [1.807, 2.05) is 24.3 Å². The third kappa shape index (κ3) is 5.00. The summed E-state index contributed by atoms with van der Waals surface area (Å²) in [4.78, 5) is 13.0. The Morgan fingerprint density at radius 3 is 2.75 bits per heavy atom. The van der Waals surface area contributed by atoms with Gasteiger partial charge in [-0.05, 0) is 43.0 Å². The lowest BCUT2D eigenvalue weighted by Gasteiger charge is -2.14. The molecule has 5 heteroatoms. The van der Waals surface area contributed by atoms with Crippen molar-refractivity contribution >= 4 is 29.3 Å². The van der Waals surface area contributed by atoms with Gasteiger partial charge in [0.25, 0.3) is 0 Å². The molecule has 110 valence electrons. The van der Waals surface area contributed by atoms with Gasteiger partial charge in [-0.3, -0.25) is 4.79 Å². The van der Waals surface area contributed by atoms with Gasteiger partial charge < -0.3 is 11.1 Å². The minimum atomic E-state index is 0.129. The first kappa shape index (κ1) is 15.7. The lowest BCUT2D eigenvalue weighted by atomic mass is 10.00. The van der Waals surface area contributed by atoms with Crippen LogP contribution in [0.2, 0.25) is 5.02 Å². The Morgan fingerprint density at radius 2 is 2.10 bits per heavy atom. The number of benzene rings is 1. The first-order valence-corrected chi connectivity index (χ1v) is 8.42. The van der Waals surface area contributed by atoms with Gasteiger partial charge in [-0.2, -0.15) is 0 Å². The first-order chi connectivity index (χ1) is 9.65. The number of rotatable bonds is 6. The molecule has 0 unspecified atom stereocenters.